The van der Waals surface area contributed by atoms with Crippen LogP contribution in [0.2, 0.25) is 5.02 Å². The number of hydrogen-bond donors (Lipinski definition) is 1. The van der Waals surface area contributed by atoms with Crippen LogP contribution in [0.4, 0.5) is 15.9 Å². The maximum absolute atomic E-state index is 13.5. The second-order valence-corrected chi connectivity index (χ2v) is 8.49. The van der Waals surface area contributed by atoms with Gasteiger partial charge in [0.15, 0.2) is 0 Å². The number of carbonyl (C=O) groups is 2. The predicted octanol–water partition coefficient (Wildman–Crippen LogP) is 4.69. The Morgan fingerprint density at radius 1 is 1.09 bits per heavy atom. The molecule has 0 unspecified atom stereocenters. The molecule has 0 aliphatic rings. The quantitative estimate of drug-likeness (QED) is 0.423. The summed E-state index contributed by atoms with van der Waals surface area (Å²) in [6.07, 6.45) is 0. The molecule has 0 saturated heterocycles. The lowest BCUT2D eigenvalue weighted by Gasteiger charge is -2.21. The van der Waals surface area contributed by atoms with Crippen LogP contribution in [-0.4, -0.2) is 21.4 Å². The summed E-state index contributed by atoms with van der Waals surface area (Å²) in [5.74, 6) is -1.36. The summed E-state index contributed by atoms with van der Waals surface area (Å²) in [4.78, 5) is 44.6. The number of nitrogens with one attached hydrogen (secondary N) is 1. The number of para-hydroxylation sites is 2. The molecule has 0 fully saturated rings. The highest BCUT2D eigenvalue weighted by Crippen LogP contribution is 2.21. The second-order valence-electron chi connectivity index (χ2n) is 8.05. The SMILES string of the molecule is CC(=O)N(Cc1ccc(F)cc1)c1nc2ccccc2n(CC(=O)Nc2ccc(Cl)cc2C)c1=O. The van der Waals surface area contributed by atoms with Gasteiger partial charge in [-0.2, -0.15) is 0 Å². The van der Waals surface area contributed by atoms with E-state index in [4.69, 9.17) is 11.6 Å². The number of fused-ring (bicyclic) bond motifs is 1. The Hall–Kier alpha value is -4.04. The molecule has 4 aromatic rings. The first kappa shape index (κ1) is 24.1. The van der Waals surface area contributed by atoms with Crippen molar-refractivity contribution in [3.63, 3.8) is 0 Å². The van der Waals surface area contributed by atoms with Crippen LogP contribution in [0.25, 0.3) is 11.0 Å². The first-order chi connectivity index (χ1) is 16.7. The highest BCUT2D eigenvalue weighted by Gasteiger charge is 2.22. The minimum absolute atomic E-state index is 0.0202. The summed E-state index contributed by atoms with van der Waals surface area (Å²) in [6.45, 7) is 2.86. The molecule has 0 bridgehead atoms. The van der Waals surface area contributed by atoms with Gasteiger partial charge in [0.25, 0.3) is 5.56 Å². The number of nitrogens with zero attached hydrogens (tertiary/aromatic N) is 3. The van der Waals surface area contributed by atoms with E-state index in [1.807, 2.05) is 6.92 Å². The summed E-state index contributed by atoms with van der Waals surface area (Å²) in [5.41, 5.74) is 2.29. The van der Waals surface area contributed by atoms with Crippen molar-refractivity contribution in [2.45, 2.75) is 26.9 Å². The number of aryl methyl sites for hydroxylation is 1. The number of benzene rings is 3. The van der Waals surface area contributed by atoms with Crippen LogP contribution in [-0.2, 0) is 22.7 Å². The molecule has 9 heteroatoms. The van der Waals surface area contributed by atoms with E-state index in [0.717, 1.165) is 5.56 Å². The molecule has 178 valence electrons. The highest BCUT2D eigenvalue weighted by atomic mass is 35.5. The summed E-state index contributed by atoms with van der Waals surface area (Å²) in [5, 5.41) is 3.35. The van der Waals surface area contributed by atoms with E-state index in [0.29, 0.717) is 27.3 Å². The molecule has 0 atom stereocenters. The van der Waals surface area contributed by atoms with Crippen LogP contribution in [0.5, 0.6) is 0 Å². The average Bonchev–Trinajstić information content (AvgIpc) is 2.82. The molecular weight excluding hydrogens is 471 g/mol. The van der Waals surface area contributed by atoms with Gasteiger partial charge in [-0.15, -0.1) is 0 Å². The molecule has 1 aromatic heterocycles. The fourth-order valence-electron chi connectivity index (χ4n) is 3.72. The van der Waals surface area contributed by atoms with Gasteiger partial charge in [-0.25, -0.2) is 9.37 Å². The van der Waals surface area contributed by atoms with Gasteiger partial charge < -0.3 is 5.32 Å². The first-order valence-electron chi connectivity index (χ1n) is 10.8. The highest BCUT2D eigenvalue weighted by molar-refractivity contribution is 6.30. The van der Waals surface area contributed by atoms with E-state index < -0.39 is 23.2 Å². The number of hydrogen-bond acceptors (Lipinski definition) is 4. The lowest BCUT2D eigenvalue weighted by molar-refractivity contribution is -0.117. The van der Waals surface area contributed by atoms with E-state index in [-0.39, 0.29) is 18.9 Å². The van der Waals surface area contributed by atoms with Gasteiger partial charge >= 0.3 is 0 Å². The second kappa shape index (κ2) is 10.1. The smallest absolute Gasteiger partial charge is 0.294 e. The largest absolute Gasteiger partial charge is 0.324 e. The zero-order valence-electron chi connectivity index (χ0n) is 19.1. The molecule has 1 heterocycles. The van der Waals surface area contributed by atoms with Crippen LogP contribution in [0.15, 0.2) is 71.5 Å². The van der Waals surface area contributed by atoms with E-state index in [1.165, 1.54) is 40.7 Å². The summed E-state index contributed by atoms with van der Waals surface area (Å²) < 4.78 is 14.6. The van der Waals surface area contributed by atoms with Crippen molar-refractivity contribution in [1.82, 2.24) is 9.55 Å². The van der Waals surface area contributed by atoms with Crippen molar-refractivity contribution in [1.29, 1.82) is 0 Å². The summed E-state index contributed by atoms with van der Waals surface area (Å²) in [7, 11) is 0. The van der Waals surface area contributed by atoms with Crippen molar-refractivity contribution in [3.8, 4) is 0 Å². The average molecular weight is 493 g/mol. The van der Waals surface area contributed by atoms with Gasteiger partial charge in [0.2, 0.25) is 17.6 Å². The standard InChI is InChI=1S/C26H22ClFN4O3/c1-16-13-19(27)9-12-21(16)29-24(34)15-32-23-6-4-3-5-22(23)30-25(26(32)35)31(17(2)33)14-18-7-10-20(28)11-8-18/h3-13H,14-15H2,1-2H3,(H,29,34). The Labute approximate surface area is 205 Å². The van der Waals surface area contributed by atoms with Gasteiger partial charge in [-0.1, -0.05) is 35.9 Å². The van der Waals surface area contributed by atoms with Gasteiger partial charge in [-0.3, -0.25) is 23.9 Å². The number of aromatic nitrogens is 2. The van der Waals surface area contributed by atoms with E-state index >= 15 is 0 Å². The molecule has 0 aliphatic carbocycles. The summed E-state index contributed by atoms with van der Waals surface area (Å²) in [6, 6.07) is 17.6. The number of halogens is 2. The fourth-order valence-corrected chi connectivity index (χ4v) is 3.95. The molecule has 0 saturated carbocycles. The van der Waals surface area contributed by atoms with E-state index in [2.05, 4.69) is 10.3 Å². The Kier molecular flexibility index (Phi) is 6.93. The van der Waals surface area contributed by atoms with Gasteiger partial charge in [0.05, 0.1) is 17.6 Å². The molecule has 3 aromatic carbocycles. The molecule has 0 radical (unpaired) electrons. The normalized spacial score (nSPS) is 10.9. The molecular formula is C26H22ClFN4O3. The number of anilines is 2. The lowest BCUT2D eigenvalue weighted by Crippen LogP contribution is -2.38. The van der Waals surface area contributed by atoms with Crippen molar-refractivity contribution >= 4 is 46.0 Å². The molecule has 1 N–H and O–H groups in total. The summed E-state index contributed by atoms with van der Waals surface area (Å²) >= 11 is 5.99. The minimum atomic E-state index is -0.594. The Morgan fingerprint density at radius 2 is 1.80 bits per heavy atom. The minimum Gasteiger partial charge on any atom is -0.324 e. The monoisotopic (exact) mass is 492 g/mol. The maximum atomic E-state index is 13.5. The van der Waals surface area contributed by atoms with Crippen LogP contribution < -0.4 is 15.8 Å². The topological polar surface area (TPSA) is 84.3 Å². The molecule has 0 aliphatic heterocycles. The third-order valence-corrected chi connectivity index (χ3v) is 5.72. The third kappa shape index (κ3) is 5.38. The predicted molar refractivity (Wildman–Crippen MR) is 134 cm³/mol. The Bertz CT molecular complexity index is 1480. The third-order valence-electron chi connectivity index (χ3n) is 5.49. The molecule has 2 amide bonds. The van der Waals surface area contributed by atoms with Crippen molar-refractivity contribution < 1.29 is 14.0 Å². The van der Waals surface area contributed by atoms with E-state index in [1.54, 1.807) is 42.5 Å². The van der Waals surface area contributed by atoms with Crippen molar-refractivity contribution in [2.75, 3.05) is 10.2 Å². The zero-order chi connectivity index (χ0) is 25.1. The van der Waals surface area contributed by atoms with Crippen molar-refractivity contribution in [3.05, 3.63) is 99.1 Å². The maximum Gasteiger partial charge on any atom is 0.294 e. The first-order valence-corrected chi connectivity index (χ1v) is 11.2. The van der Waals surface area contributed by atoms with Crippen LogP contribution in [0.3, 0.4) is 0 Å². The van der Waals surface area contributed by atoms with Crippen molar-refractivity contribution in [2.24, 2.45) is 0 Å². The van der Waals surface area contributed by atoms with Crippen LogP contribution in [0, 0.1) is 12.7 Å². The van der Waals surface area contributed by atoms with Gasteiger partial charge in [-0.05, 0) is 60.5 Å². The number of amides is 2. The Morgan fingerprint density at radius 3 is 2.49 bits per heavy atom. The Balaban J connectivity index is 1.73. The fraction of sp³-hybridized carbons (Fsp3) is 0.154. The molecule has 4 rings (SSSR count). The van der Waals surface area contributed by atoms with Crippen LogP contribution >= 0.6 is 11.6 Å². The van der Waals surface area contributed by atoms with Crippen LogP contribution in [0.1, 0.15) is 18.1 Å². The lowest BCUT2D eigenvalue weighted by atomic mass is 10.2. The number of rotatable bonds is 6. The zero-order valence-corrected chi connectivity index (χ0v) is 19.8. The number of carbonyl (C=O) groups excluding carboxylic acids is 2. The van der Waals surface area contributed by atoms with E-state index in [9.17, 15) is 18.8 Å². The molecule has 7 nitrogen and oxygen atoms in total. The molecule has 35 heavy (non-hydrogen) atoms. The molecule has 0 spiro atoms. The van der Waals surface area contributed by atoms with Gasteiger partial charge in [0.1, 0.15) is 12.4 Å². The van der Waals surface area contributed by atoms with Gasteiger partial charge in [0, 0.05) is 17.6 Å².